The number of nitrogens with one attached hydrogen (secondary N) is 5. The second kappa shape index (κ2) is 25.2. The summed E-state index contributed by atoms with van der Waals surface area (Å²) in [5.41, 5.74) is 18.9. The fourth-order valence-corrected chi connectivity index (χ4v) is 6.14. The summed E-state index contributed by atoms with van der Waals surface area (Å²) >= 11 is 0. The van der Waals surface area contributed by atoms with Crippen molar-refractivity contribution in [2.45, 2.75) is 122 Å². The van der Waals surface area contributed by atoms with Crippen LogP contribution in [0.3, 0.4) is 0 Å². The van der Waals surface area contributed by atoms with Crippen molar-refractivity contribution in [2.24, 2.45) is 29.0 Å². The molecule has 13 N–H and O–H groups in total. The minimum Gasteiger partial charge on any atom is -0.508 e. The number of hydrogen-bond donors (Lipinski definition) is 10. The van der Waals surface area contributed by atoms with Gasteiger partial charge in [0.25, 0.3) is 0 Å². The smallest absolute Gasteiger partial charge is 0.326 e. The summed E-state index contributed by atoms with van der Waals surface area (Å²) in [4.78, 5) is 80.6. The number of phenolic OH excluding ortho intramolecular Hbond substituents is 1. The van der Waals surface area contributed by atoms with Gasteiger partial charge in [-0.15, -0.1) is 0 Å². The number of aliphatic carboxylic acids is 1. The van der Waals surface area contributed by atoms with E-state index in [2.05, 4.69) is 26.6 Å². The van der Waals surface area contributed by atoms with Crippen LogP contribution in [0.25, 0.3) is 0 Å². The Morgan fingerprint density at radius 3 is 1.44 bits per heavy atom. The Labute approximate surface area is 335 Å². The predicted octanol–water partition coefficient (Wildman–Crippen LogP) is 0.973. The van der Waals surface area contributed by atoms with Gasteiger partial charge in [-0.1, -0.05) is 70.2 Å². The lowest BCUT2D eigenvalue weighted by Gasteiger charge is -2.28. The van der Waals surface area contributed by atoms with Gasteiger partial charge in [-0.05, 0) is 93.1 Å². The van der Waals surface area contributed by atoms with E-state index in [-0.39, 0.29) is 37.4 Å². The van der Waals surface area contributed by atoms with Crippen LogP contribution >= 0.6 is 0 Å². The summed E-state index contributed by atoms with van der Waals surface area (Å²) < 4.78 is 0. The van der Waals surface area contributed by atoms with Crippen LogP contribution in [0.15, 0.2) is 54.6 Å². The quantitative estimate of drug-likeness (QED) is 0.0599. The van der Waals surface area contributed by atoms with Crippen LogP contribution in [0, 0.1) is 11.8 Å². The molecule has 57 heavy (non-hydrogen) atoms. The Kier molecular flexibility index (Phi) is 21.3. The van der Waals surface area contributed by atoms with Crippen molar-refractivity contribution in [3.8, 4) is 5.75 Å². The molecule has 0 spiro atoms. The second-order valence-electron chi connectivity index (χ2n) is 15.2. The number of carboxylic acid groups (broad SMARTS) is 1. The summed E-state index contributed by atoms with van der Waals surface area (Å²) in [6.45, 7) is 7.82. The zero-order valence-electron chi connectivity index (χ0n) is 33.7. The molecule has 0 heterocycles. The van der Waals surface area contributed by atoms with Crippen molar-refractivity contribution in [2.75, 3.05) is 13.1 Å². The highest BCUT2D eigenvalue weighted by molar-refractivity contribution is 5.96. The van der Waals surface area contributed by atoms with Crippen molar-refractivity contribution in [3.63, 3.8) is 0 Å². The molecule has 2 aromatic carbocycles. The van der Waals surface area contributed by atoms with Crippen LogP contribution in [0.4, 0.5) is 0 Å². The van der Waals surface area contributed by atoms with Crippen LogP contribution in [0.1, 0.15) is 83.8 Å². The SMILES string of the molecule is CC(C)C[C@H](N)C(=O)N[C@@H](Cc1ccccc1)C(=O)N[C@@H](Cc1ccc(O)cc1)C(=O)N[C@@H](CCCCN)C(=O)N[C@@H](CCCCN)C(=O)N[C@H](C(=O)O)C(C)C. The van der Waals surface area contributed by atoms with Crippen molar-refractivity contribution in [3.05, 3.63) is 65.7 Å². The molecule has 5 amide bonds. The molecule has 2 aromatic rings. The number of hydrogen-bond acceptors (Lipinski definition) is 10. The van der Waals surface area contributed by atoms with E-state index in [9.17, 15) is 39.0 Å². The number of rotatable bonds is 26. The summed E-state index contributed by atoms with van der Waals surface area (Å²) in [6, 6.07) is 8.33. The molecular formula is C41H64N8O8. The highest BCUT2D eigenvalue weighted by Gasteiger charge is 2.33. The highest BCUT2D eigenvalue weighted by atomic mass is 16.4. The van der Waals surface area contributed by atoms with Gasteiger partial charge in [0, 0.05) is 12.8 Å². The van der Waals surface area contributed by atoms with Crippen LogP contribution < -0.4 is 43.8 Å². The van der Waals surface area contributed by atoms with Crippen molar-refractivity contribution < 1.29 is 39.0 Å². The van der Waals surface area contributed by atoms with Gasteiger partial charge in [-0.3, -0.25) is 24.0 Å². The first-order valence-corrected chi connectivity index (χ1v) is 19.8. The van der Waals surface area contributed by atoms with Gasteiger partial charge in [0.15, 0.2) is 0 Å². The molecule has 0 unspecified atom stereocenters. The molecule has 0 aliphatic heterocycles. The first-order valence-electron chi connectivity index (χ1n) is 19.8. The van der Waals surface area contributed by atoms with E-state index < -0.39 is 77.7 Å². The topological polar surface area (TPSA) is 281 Å². The third kappa shape index (κ3) is 17.7. The second-order valence-corrected chi connectivity index (χ2v) is 15.2. The van der Waals surface area contributed by atoms with E-state index in [4.69, 9.17) is 17.2 Å². The molecule has 0 saturated heterocycles. The number of amides is 5. The molecule has 6 atom stereocenters. The number of aromatic hydroxyl groups is 1. The minimum atomic E-state index is -1.27. The maximum Gasteiger partial charge on any atom is 0.326 e. The van der Waals surface area contributed by atoms with Gasteiger partial charge in [0.2, 0.25) is 29.5 Å². The predicted molar refractivity (Wildman–Crippen MR) is 217 cm³/mol. The number of carbonyl (C=O) groups is 6. The van der Waals surface area contributed by atoms with Crippen molar-refractivity contribution in [1.29, 1.82) is 0 Å². The number of carboxylic acids is 1. The third-order valence-corrected chi connectivity index (χ3v) is 9.38. The van der Waals surface area contributed by atoms with Gasteiger partial charge >= 0.3 is 5.97 Å². The Bertz CT molecular complexity index is 1570. The van der Waals surface area contributed by atoms with Crippen LogP contribution in [0.5, 0.6) is 5.75 Å². The van der Waals surface area contributed by atoms with Crippen LogP contribution in [-0.4, -0.2) is 95.1 Å². The Balaban J connectivity index is 2.45. The van der Waals surface area contributed by atoms with E-state index in [1.54, 1.807) is 50.2 Å². The van der Waals surface area contributed by atoms with E-state index in [0.29, 0.717) is 50.8 Å². The van der Waals surface area contributed by atoms with E-state index in [0.717, 1.165) is 5.56 Å². The van der Waals surface area contributed by atoms with Crippen molar-refractivity contribution >= 4 is 35.5 Å². The molecule has 2 rings (SSSR count). The average molecular weight is 797 g/mol. The lowest BCUT2D eigenvalue weighted by molar-refractivity contribution is -0.143. The van der Waals surface area contributed by atoms with E-state index in [1.165, 1.54) is 12.1 Å². The first kappa shape index (κ1) is 48.1. The normalized spacial score (nSPS) is 14.4. The molecule has 0 aliphatic rings. The van der Waals surface area contributed by atoms with Gasteiger partial charge < -0.3 is 54.0 Å². The summed E-state index contributed by atoms with van der Waals surface area (Å²) in [5, 5.41) is 33.1. The van der Waals surface area contributed by atoms with Gasteiger partial charge in [-0.2, -0.15) is 0 Å². The Morgan fingerprint density at radius 2 is 1.00 bits per heavy atom. The van der Waals surface area contributed by atoms with Crippen LogP contribution in [0.2, 0.25) is 0 Å². The fourth-order valence-electron chi connectivity index (χ4n) is 6.14. The first-order chi connectivity index (χ1) is 27.1. The number of benzene rings is 2. The molecule has 316 valence electrons. The molecule has 0 aliphatic carbocycles. The largest absolute Gasteiger partial charge is 0.508 e. The molecular weight excluding hydrogens is 732 g/mol. The zero-order valence-corrected chi connectivity index (χ0v) is 33.7. The third-order valence-electron chi connectivity index (χ3n) is 9.38. The molecule has 16 nitrogen and oxygen atoms in total. The van der Waals surface area contributed by atoms with Crippen LogP contribution in [-0.2, 0) is 41.6 Å². The summed E-state index contributed by atoms with van der Waals surface area (Å²) in [5.74, 6) is -4.82. The number of phenols is 1. The maximum atomic E-state index is 14.2. The standard InChI is InChI=1S/C41H64N8O8/c1-25(2)22-30(44)36(51)47-33(23-27-12-6-5-7-13-27)40(55)48-34(24-28-16-18-29(50)19-17-28)39(54)46-31(14-8-10-20-42)37(52)45-32(15-9-11-21-43)38(53)49-35(26(3)4)41(56)57/h5-7,12-13,16-19,25-26,30-35,50H,8-11,14-15,20-24,42-44H2,1-4H3,(H,45,52)(H,46,54)(H,47,51)(H,48,55)(H,49,53)(H,56,57)/t30-,31-,32-,33-,34-,35-/m0/s1. The number of carbonyl (C=O) groups excluding carboxylic acids is 5. The average Bonchev–Trinajstić information content (AvgIpc) is 3.16. The summed E-state index contributed by atoms with van der Waals surface area (Å²) in [6.07, 6.45) is 2.71. The molecule has 0 radical (unpaired) electrons. The highest BCUT2D eigenvalue weighted by Crippen LogP contribution is 2.14. The Morgan fingerprint density at radius 1 is 0.579 bits per heavy atom. The van der Waals surface area contributed by atoms with E-state index in [1.807, 2.05) is 19.9 Å². The zero-order chi connectivity index (χ0) is 42.5. The van der Waals surface area contributed by atoms with Gasteiger partial charge in [-0.25, -0.2) is 4.79 Å². The maximum absolute atomic E-state index is 14.2. The molecule has 0 aromatic heterocycles. The fraction of sp³-hybridized carbons (Fsp3) is 0.561. The van der Waals surface area contributed by atoms with Crippen molar-refractivity contribution in [1.82, 2.24) is 26.6 Å². The molecule has 0 saturated carbocycles. The molecule has 16 heteroatoms. The lowest BCUT2D eigenvalue weighted by Crippen LogP contribution is -2.60. The minimum absolute atomic E-state index is 0.00285. The van der Waals surface area contributed by atoms with Gasteiger partial charge in [0.05, 0.1) is 6.04 Å². The van der Waals surface area contributed by atoms with Gasteiger partial charge in [0.1, 0.15) is 36.0 Å². The number of nitrogens with two attached hydrogens (primary N) is 3. The Hall–Kier alpha value is -5.06. The molecule has 0 bridgehead atoms. The monoisotopic (exact) mass is 796 g/mol. The lowest BCUT2D eigenvalue weighted by atomic mass is 10.00. The summed E-state index contributed by atoms with van der Waals surface area (Å²) in [7, 11) is 0. The van der Waals surface area contributed by atoms with E-state index >= 15 is 0 Å². The number of unbranched alkanes of at least 4 members (excludes halogenated alkanes) is 2. The molecule has 0 fully saturated rings.